The Hall–Kier alpha value is -0.120. The van der Waals surface area contributed by atoms with E-state index in [9.17, 15) is 9.18 Å². The zero-order chi connectivity index (χ0) is 7.07. The summed E-state index contributed by atoms with van der Waals surface area (Å²) in [6.45, 7) is 0. The van der Waals surface area contributed by atoms with Crippen LogP contribution in [0, 0.1) is 5.92 Å². The van der Waals surface area contributed by atoms with Crippen LogP contribution in [0.15, 0.2) is 0 Å². The van der Waals surface area contributed by atoms with Crippen LogP contribution in [-0.2, 0) is 4.79 Å². The maximum absolute atomic E-state index is 12.5. The van der Waals surface area contributed by atoms with Crippen molar-refractivity contribution < 1.29 is 14.3 Å². The van der Waals surface area contributed by atoms with Crippen LogP contribution < -0.4 is 0 Å². The quantitative estimate of drug-likeness (QED) is 0.681. The molecular weight excluding hydrogens is 191 g/mol. The van der Waals surface area contributed by atoms with Gasteiger partial charge in [-0.1, -0.05) is 0 Å². The lowest BCUT2D eigenvalue weighted by molar-refractivity contribution is -0.137. The Morgan fingerprint density at radius 3 is 2.56 bits per heavy atom. The first kappa shape index (κ1) is 6.99. The zero-order valence-corrected chi connectivity index (χ0v) is 6.19. The highest BCUT2D eigenvalue weighted by Gasteiger charge is 2.54. The van der Waals surface area contributed by atoms with Crippen LogP contribution in [-0.4, -0.2) is 15.7 Å². The second-order valence-corrected chi connectivity index (χ2v) is 3.58. The van der Waals surface area contributed by atoms with Crippen molar-refractivity contribution in [3.63, 3.8) is 0 Å². The predicted octanol–water partition coefficient (Wildman–Crippen LogP) is 1.54. The third-order valence-corrected chi connectivity index (χ3v) is 2.35. The van der Waals surface area contributed by atoms with Gasteiger partial charge in [-0.15, -0.1) is 0 Å². The van der Waals surface area contributed by atoms with E-state index in [0.29, 0.717) is 6.42 Å². The lowest BCUT2D eigenvalue weighted by Crippen LogP contribution is -2.00. The first-order valence-electron chi connectivity index (χ1n) is 2.62. The summed E-state index contributed by atoms with van der Waals surface area (Å²) in [6.07, 6.45) is 0.265. The van der Waals surface area contributed by atoms with Gasteiger partial charge in [-0.25, -0.2) is 4.39 Å². The van der Waals surface area contributed by atoms with Crippen LogP contribution in [0.25, 0.3) is 0 Å². The Morgan fingerprint density at radius 1 is 2.00 bits per heavy atom. The number of halogens is 2. The molecule has 1 fully saturated rings. The minimum Gasteiger partial charge on any atom is -0.481 e. The van der Waals surface area contributed by atoms with Crippen molar-refractivity contribution in [2.24, 2.45) is 5.92 Å². The maximum Gasteiger partial charge on any atom is 0.303 e. The van der Waals surface area contributed by atoms with Gasteiger partial charge in [0.25, 0.3) is 0 Å². The first-order chi connectivity index (χ1) is 4.02. The van der Waals surface area contributed by atoms with Crippen LogP contribution in [0.4, 0.5) is 4.39 Å². The summed E-state index contributed by atoms with van der Waals surface area (Å²) >= 11 is 2.75. The van der Waals surface area contributed by atoms with E-state index in [4.69, 9.17) is 5.11 Å². The SMILES string of the molecule is O=C(O)CC1CC1(F)Br. The Morgan fingerprint density at radius 2 is 2.44 bits per heavy atom. The molecule has 0 aromatic rings. The first-order valence-corrected chi connectivity index (χ1v) is 3.41. The Kier molecular flexibility index (Phi) is 1.50. The van der Waals surface area contributed by atoms with Crippen LogP contribution in [0.1, 0.15) is 12.8 Å². The highest BCUT2D eigenvalue weighted by molar-refractivity contribution is 9.10. The Bertz CT molecular complexity index is 146. The molecule has 1 rings (SSSR count). The number of alkyl halides is 2. The topological polar surface area (TPSA) is 37.3 Å². The number of hydrogen-bond donors (Lipinski definition) is 1. The van der Waals surface area contributed by atoms with E-state index >= 15 is 0 Å². The number of hydrogen-bond acceptors (Lipinski definition) is 1. The number of carboxylic acid groups (broad SMARTS) is 1. The summed E-state index contributed by atoms with van der Waals surface area (Å²) in [5, 5.41) is 8.17. The fraction of sp³-hybridized carbons (Fsp3) is 0.800. The second-order valence-electron chi connectivity index (χ2n) is 2.26. The molecule has 1 saturated carbocycles. The fourth-order valence-electron chi connectivity index (χ4n) is 0.702. The highest BCUT2D eigenvalue weighted by atomic mass is 79.9. The van der Waals surface area contributed by atoms with E-state index < -0.39 is 10.5 Å². The summed E-state index contributed by atoms with van der Waals surface area (Å²) in [5.41, 5.74) is 0. The molecule has 0 radical (unpaired) electrons. The number of rotatable bonds is 2. The number of aliphatic carboxylic acids is 1. The molecule has 1 N–H and O–H groups in total. The second kappa shape index (κ2) is 1.94. The monoisotopic (exact) mass is 196 g/mol. The van der Waals surface area contributed by atoms with Gasteiger partial charge in [0.15, 0.2) is 4.58 Å². The Balaban J connectivity index is 2.28. The average molecular weight is 197 g/mol. The van der Waals surface area contributed by atoms with Gasteiger partial charge in [-0.2, -0.15) is 0 Å². The van der Waals surface area contributed by atoms with Crippen LogP contribution >= 0.6 is 15.9 Å². The highest BCUT2D eigenvalue weighted by Crippen LogP contribution is 2.54. The molecule has 0 amide bonds. The van der Waals surface area contributed by atoms with Crippen molar-refractivity contribution in [2.45, 2.75) is 17.4 Å². The van der Waals surface area contributed by atoms with Crippen molar-refractivity contribution in [1.82, 2.24) is 0 Å². The molecule has 2 atom stereocenters. The lowest BCUT2D eigenvalue weighted by atomic mass is 10.3. The van der Waals surface area contributed by atoms with E-state index in [1.807, 2.05) is 0 Å². The fourth-order valence-corrected chi connectivity index (χ4v) is 1.25. The molecule has 0 aromatic carbocycles. The third-order valence-electron chi connectivity index (χ3n) is 1.38. The molecule has 0 aliphatic heterocycles. The van der Waals surface area contributed by atoms with Gasteiger partial charge in [-0.3, -0.25) is 4.79 Å². The molecule has 0 saturated heterocycles. The summed E-state index contributed by atoms with van der Waals surface area (Å²) in [6, 6.07) is 0. The van der Waals surface area contributed by atoms with Crippen molar-refractivity contribution >= 4 is 21.9 Å². The van der Waals surface area contributed by atoms with Crippen molar-refractivity contribution in [3.05, 3.63) is 0 Å². The molecule has 0 spiro atoms. The summed E-state index contributed by atoms with van der Waals surface area (Å²) < 4.78 is 11.1. The minimum atomic E-state index is -1.37. The summed E-state index contributed by atoms with van der Waals surface area (Å²) in [5.74, 6) is -1.24. The normalized spacial score (nSPS) is 40.4. The van der Waals surface area contributed by atoms with Crippen molar-refractivity contribution in [2.75, 3.05) is 0 Å². The molecule has 0 aromatic heterocycles. The predicted molar refractivity (Wildman–Crippen MR) is 33.1 cm³/mol. The van der Waals surface area contributed by atoms with E-state index in [2.05, 4.69) is 15.9 Å². The maximum atomic E-state index is 12.5. The molecule has 1 aliphatic carbocycles. The van der Waals surface area contributed by atoms with Gasteiger partial charge in [0.05, 0.1) is 6.42 Å². The summed E-state index contributed by atoms with van der Waals surface area (Å²) in [7, 11) is 0. The average Bonchev–Trinajstić information content (AvgIpc) is 2.10. The van der Waals surface area contributed by atoms with Crippen LogP contribution in [0.3, 0.4) is 0 Å². The molecular formula is C5H6BrFO2. The smallest absolute Gasteiger partial charge is 0.303 e. The third kappa shape index (κ3) is 1.64. The molecule has 9 heavy (non-hydrogen) atoms. The van der Waals surface area contributed by atoms with Gasteiger partial charge < -0.3 is 5.11 Å². The van der Waals surface area contributed by atoms with Gasteiger partial charge in [0.1, 0.15) is 0 Å². The van der Waals surface area contributed by atoms with E-state index in [1.54, 1.807) is 0 Å². The number of carboxylic acids is 1. The Labute approximate surface area is 60.2 Å². The van der Waals surface area contributed by atoms with Crippen LogP contribution in [0.2, 0.25) is 0 Å². The molecule has 4 heteroatoms. The lowest BCUT2D eigenvalue weighted by Gasteiger charge is -1.91. The van der Waals surface area contributed by atoms with Crippen molar-refractivity contribution in [1.29, 1.82) is 0 Å². The molecule has 0 bridgehead atoms. The molecule has 2 nitrogen and oxygen atoms in total. The molecule has 0 heterocycles. The zero-order valence-electron chi connectivity index (χ0n) is 4.60. The number of carbonyl (C=O) groups is 1. The standard InChI is InChI=1S/C5H6BrFO2/c6-5(7)2-3(5)1-4(8)9/h3H,1-2H2,(H,8,9). The van der Waals surface area contributed by atoms with Gasteiger partial charge in [-0.05, 0) is 22.4 Å². The van der Waals surface area contributed by atoms with Gasteiger partial charge >= 0.3 is 5.97 Å². The van der Waals surface area contributed by atoms with E-state index in [-0.39, 0.29) is 12.3 Å². The minimum absolute atomic E-state index is 0.0677. The molecule has 52 valence electrons. The van der Waals surface area contributed by atoms with Crippen LogP contribution in [0.5, 0.6) is 0 Å². The van der Waals surface area contributed by atoms with Crippen molar-refractivity contribution in [3.8, 4) is 0 Å². The van der Waals surface area contributed by atoms with Gasteiger partial charge in [0.2, 0.25) is 0 Å². The van der Waals surface area contributed by atoms with E-state index in [0.717, 1.165) is 0 Å². The summed E-state index contributed by atoms with van der Waals surface area (Å²) in [4.78, 5) is 9.95. The van der Waals surface area contributed by atoms with E-state index in [1.165, 1.54) is 0 Å². The molecule has 2 unspecified atom stereocenters. The van der Waals surface area contributed by atoms with Gasteiger partial charge in [0, 0.05) is 5.92 Å². The largest absolute Gasteiger partial charge is 0.481 e. The molecule has 1 aliphatic rings.